The SMILES string of the molecule is Nc1ccc(/C=C/C(=O)Nc2c(Cl)cc(F)cc2Br)cc1. The van der Waals surface area contributed by atoms with E-state index in [4.69, 9.17) is 17.3 Å². The number of carbonyl (C=O) groups is 1. The molecule has 3 N–H and O–H groups in total. The van der Waals surface area contributed by atoms with Crippen LogP contribution in [0.3, 0.4) is 0 Å². The van der Waals surface area contributed by atoms with Gasteiger partial charge in [-0.15, -0.1) is 0 Å². The average molecular weight is 370 g/mol. The van der Waals surface area contributed by atoms with Crippen LogP contribution in [0.4, 0.5) is 15.8 Å². The number of nitrogens with two attached hydrogens (primary N) is 1. The lowest BCUT2D eigenvalue weighted by molar-refractivity contribution is -0.111. The number of benzene rings is 2. The second kappa shape index (κ2) is 6.74. The van der Waals surface area contributed by atoms with E-state index in [1.165, 1.54) is 12.1 Å². The summed E-state index contributed by atoms with van der Waals surface area (Å²) in [6.07, 6.45) is 3.00. The van der Waals surface area contributed by atoms with Gasteiger partial charge in [0.25, 0.3) is 0 Å². The molecule has 21 heavy (non-hydrogen) atoms. The highest BCUT2D eigenvalue weighted by Gasteiger charge is 2.09. The van der Waals surface area contributed by atoms with Gasteiger partial charge in [0.05, 0.1) is 10.7 Å². The van der Waals surface area contributed by atoms with Crippen LogP contribution in [-0.4, -0.2) is 5.91 Å². The van der Waals surface area contributed by atoms with Gasteiger partial charge in [0.2, 0.25) is 5.91 Å². The van der Waals surface area contributed by atoms with Crippen LogP contribution in [0.1, 0.15) is 5.56 Å². The Morgan fingerprint density at radius 1 is 1.29 bits per heavy atom. The summed E-state index contributed by atoms with van der Waals surface area (Å²) in [7, 11) is 0. The minimum atomic E-state index is -0.484. The van der Waals surface area contributed by atoms with Crippen molar-refractivity contribution >= 4 is 50.9 Å². The molecule has 2 rings (SSSR count). The third-order valence-electron chi connectivity index (χ3n) is 2.62. The van der Waals surface area contributed by atoms with E-state index in [0.717, 1.165) is 11.6 Å². The second-order valence-corrected chi connectivity index (χ2v) is 5.50. The monoisotopic (exact) mass is 368 g/mol. The first-order valence-corrected chi connectivity index (χ1v) is 7.12. The number of rotatable bonds is 3. The molecule has 0 aliphatic carbocycles. The molecule has 2 aromatic rings. The Morgan fingerprint density at radius 2 is 1.95 bits per heavy atom. The highest BCUT2D eigenvalue weighted by Crippen LogP contribution is 2.31. The van der Waals surface area contributed by atoms with Gasteiger partial charge in [-0.3, -0.25) is 4.79 Å². The number of halogens is 3. The molecule has 0 saturated heterocycles. The molecule has 0 aromatic heterocycles. The summed E-state index contributed by atoms with van der Waals surface area (Å²) in [4.78, 5) is 11.8. The third kappa shape index (κ3) is 4.31. The zero-order chi connectivity index (χ0) is 15.4. The minimum Gasteiger partial charge on any atom is -0.399 e. The fourth-order valence-corrected chi connectivity index (χ4v) is 2.50. The van der Waals surface area contributed by atoms with Crippen LogP contribution in [0.15, 0.2) is 46.9 Å². The number of hydrogen-bond acceptors (Lipinski definition) is 2. The lowest BCUT2D eigenvalue weighted by Crippen LogP contribution is -2.09. The fourth-order valence-electron chi connectivity index (χ4n) is 1.61. The maximum Gasteiger partial charge on any atom is 0.248 e. The topological polar surface area (TPSA) is 55.1 Å². The number of nitrogen functional groups attached to an aromatic ring is 1. The number of hydrogen-bond donors (Lipinski definition) is 2. The van der Waals surface area contributed by atoms with E-state index in [2.05, 4.69) is 21.2 Å². The van der Waals surface area contributed by atoms with Gasteiger partial charge in [-0.1, -0.05) is 23.7 Å². The van der Waals surface area contributed by atoms with E-state index < -0.39 is 5.82 Å². The van der Waals surface area contributed by atoms with Gasteiger partial charge in [-0.2, -0.15) is 0 Å². The van der Waals surface area contributed by atoms with E-state index in [9.17, 15) is 9.18 Å². The smallest absolute Gasteiger partial charge is 0.248 e. The van der Waals surface area contributed by atoms with Crippen molar-refractivity contribution in [1.29, 1.82) is 0 Å². The zero-order valence-corrected chi connectivity index (χ0v) is 13.1. The van der Waals surface area contributed by atoms with E-state index in [1.54, 1.807) is 30.3 Å². The molecule has 0 bridgehead atoms. The number of anilines is 2. The standard InChI is InChI=1S/C15H11BrClFN2O/c16-12-7-10(18)8-13(17)15(12)20-14(21)6-3-9-1-4-11(19)5-2-9/h1-8H,19H2,(H,20,21)/b6-3+. The molecule has 0 heterocycles. The lowest BCUT2D eigenvalue weighted by atomic mass is 10.2. The van der Waals surface area contributed by atoms with Crippen molar-refractivity contribution in [3.8, 4) is 0 Å². The summed E-state index contributed by atoms with van der Waals surface area (Å²) >= 11 is 9.04. The van der Waals surface area contributed by atoms with Gasteiger partial charge >= 0.3 is 0 Å². The summed E-state index contributed by atoms with van der Waals surface area (Å²) in [5.74, 6) is -0.858. The largest absolute Gasteiger partial charge is 0.399 e. The van der Waals surface area contributed by atoms with Crippen LogP contribution in [0.5, 0.6) is 0 Å². The number of carbonyl (C=O) groups excluding carboxylic acids is 1. The van der Waals surface area contributed by atoms with E-state index in [1.807, 2.05) is 0 Å². The molecular formula is C15H11BrClFN2O. The molecule has 0 saturated carbocycles. The normalized spacial score (nSPS) is 10.8. The molecule has 0 aliphatic heterocycles. The zero-order valence-electron chi connectivity index (χ0n) is 10.7. The Morgan fingerprint density at radius 3 is 2.57 bits per heavy atom. The molecule has 0 aliphatic rings. The maximum absolute atomic E-state index is 13.1. The lowest BCUT2D eigenvalue weighted by Gasteiger charge is -2.07. The number of amides is 1. The first kappa shape index (κ1) is 15.5. The molecule has 0 fully saturated rings. The summed E-state index contributed by atoms with van der Waals surface area (Å²) in [5.41, 5.74) is 7.39. The summed E-state index contributed by atoms with van der Waals surface area (Å²) < 4.78 is 13.5. The predicted molar refractivity (Wildman–Crippen MR) is 87.6 cm³/mol. The van der Waals surface area contributed by atoms with Crippen molar-refractivity contribution in [2.45, 2.75) is 0 Å². The van der Waals surface area contributed by atoms with Crippen molar-refractivity contribution in [3.05, 3.63) is 63.4 Å². The van der Waals surface area contributed by atoms with Crippen LogP contribution < -0.4 is 11.1 Å². The fraction of sp³-hybridized carbons (Fsp3) is 0. The van der Waals surface area contributed by atoms with Gasteiger partial charge < -0.3 is 11.1 Å². The van der Waals surface area contributed by atoms with Crippen LogP contribution in [0, 0.1) is 5.82 Å². The molecule has 6 heteroatoms. The van der Waals surface area contributed by atoms with Crippen LogP contribution >= 0.6 is 27.5 Å². The molecule has 2 aromatic carbocycles. The predicted octanol–water partition coefficient (Wildman–Crippen LogP) is 4.48. The molecule has 0 atom stereocenters. The van der Waals surface area contributed by atoms with Crippen LogP contribution in [0.2, 0.25) is 5.02 Å². The van der Waals surface area contributed by atoms with Gasteiger partial charge in [0, 0.05) is 16.2 Å². The second-order valence-electron chi connectivity index (χ2n) is 4.23. The van der Waals surface area contributed by atoms with Crippen molar-refractivity contribution in [2.75, 3.05) is 11.1 Å². The Hall–Kier alpha value is -1.85. The molecular weight excluding hydrogens is 359 g/mol. The summed E-state index contributed by atoms with van der Waals surface area (Å²) in [5, 5.41) is 2.71. The van der Waals surface area contributed by atoms with Crippen LogP contribution in [0.25, 0.3) is 6.08 Å². The molecule has 108 valence electrons. The van der Waals surface area contributed by atoms with E-state index in [0.29, 0.717) is 15.8 Å². The Kier molecular flexibility index (Phi) is 4.98. The average Bonchev–Trinajstić information content (AvgIpc) is 2.42. The van der Waals surface area contributed by atoms with Crippen molar-refractivity contribution in [2.24, 2.45) is 0 Å². The summed E-state index contributed by atoms with van der Waals surface area (Å²) in [6.45, 7) is 0. The quantitative estimate of drug-likeness (QED) is 0.619. The highest BCUT2D eigenvalue weighted by atomic mass is 79.9. The Labute approximate surface area is 134 Å². The maximum atomic E-state index is 13.1. The van der Waals surface area contributed by atoms with Gasteiger partial charge in [-0.25, -0.2) is 4.39 Å². The molecule has 0 unspecified atom stereocenters. The van der Waals surface area contributed by atoms with Crippen molar-refractivity contribution < 1.29 is 9.18 Å². The Balaban J connectivity index is 2.10. The first-order chi connectivity index (χ1) is 9.95. The van der Waals surface area contributed by atoms with Gasteiger partial charge in [0.15, 0.2) is 0 Å². The number of nitrogens with one attached hydrogen (secondary N) is 1. The van der Waals surface area contributed by atoms with Gasteiger partial charge in [-0.05, 0) is 51.8 Å². The van der Waals surface area contributed by atoms with Crippen molar-refractivity contribution in [3.63, 3.8) is 0 Å². The van der Waals surface area contributed by atoms with Crippen LogP contribution in [-0.2, 0) is 4.79 Å². The van der Waals surface area contributed by atoms with E-state index in [-0.39, 0.29) is 10.9 Å². The van der Waals surface area contributed by atoms with E-state index >= 15 is 0 Å². The first-order valence-electron chi connectivity index (χ1n) is 5.95. The van der Waals surface area contributed by atoms with Crippen molar-refractivity contribution in [1.82, 2.24) is 0 Å². The Bertz CT molecular complexity index is 678. The molecule has 0 spiro atoms. The summed E-state index contributed by atoms with van der Waals surface area (Å²) in [6, 6.07) is 9.42. The highest BCUT2D eigenvalue weighted by molar-refractivity contribution is 9.10. The third-order valence-corrected chi connectivity index (χ3v) is 3.54. The molecule has 1 amide bonds. The molecule has 3 nitrogen and oxygen atoms in total. The molecule has 0 radical (unpaired) electrons. The van der Waals surface area contributed by atoms with Gasteiger partial charge in [0.1, 0.15) is 5.82 Å². The minimum absolute atomic E-state index is 0.121.